The summed E-state index contributed by atoms with van der Waals surface area (Å²) in [6.45, 7) is 13.8. The molecule has 2 aromatic carbocycles. The molecule has 2 unspecified atom stereocenters. The van der Waals surface area contributed by atoms with E-state index in [-0.39, 0.29) is 30.9 Å². The molecule has 6 rings (SSSR count). The van der Waals surface area contributed by atoms with Crippen LogP contribution in [0.4, 0.5) is 5.69 Å². The molecule has 2 bridgehead atoms. The van der Waals surface area contributed by atoms with Crippen LogP contribution in [-0.2, 0) is 23.9 Å². The molecule has 6 atom stereocenters. The smallest absolute Gasteiger partial charge is 0.248 e. The van der Waals surface area contributed by atoms with E-state index in [0.29, 0.717) is 56.9 Å². The lowest BCUT2D eigenvalue weighted by Gasteiger charge is -2.40. The molecular weight excluding hydrogens is 596 g/mol. The van der Waals surface area contributed by atoms with Crippen LogP contribution in [0.2, 0.25) is 0 Å². The Labute approximate surface area is 277 Å². The minimum Gasteiger partial charge on any atom is -0.394 e. The van der Waals surface area contributed by atoms with Gasteiger partial charge in [0.25, 0.3) is 0 Å². The highest BCUT2D eigenvalue weighted by atomic mass is 16.5. The summed E-state index contributed by atoms with van der Waals surface area (Å²) >= 11 is 0. The van der Waals surface area contributed by atoms with Gasteiger partial charge in [-0.1, -0.05) is 60.7 Å². The van der Waals surface area contributed by atoms with Crippen LogP contribution in [0.25, 0.3) is 0 Å². The average molecular weight is 643 g/mol. The third-order valence-corrected chi connectivity index (χ3v) is 10.5. The van der Waals surface area contributed by atoms with E-state index in [1.54, 1.807) is 26.9 Å². The number of carbonyl (C=O) groups excluding carboxylic acids is 3. The van der Waals surface area contributed by atoms with Crippen molar-refractivity contribution in [2.75, 3.05) is 64.0 Å². The van der Waals surface area contributed by atoms with Gasteiger partial charge < -0.3 is 29.3 Å². The number of aliphatic hydroxyl groups excluding tert-OH is 1. The van der Waals surface area contributed by atoms with E-state index >= 15 is 0 Å². The zero-order valence-electron chi connectivity index (χ0n) is 27.2. The van der Waals surface area contributed by atoms with Crippen molar-refractivity contribution >= 4 is 23.4 Å². The van der Waals surface area contributed by atoms with E-state index in [1.165, 1.54) is 0 Å². The van der Waals surface area contributed by atoms with Gasteiger partial charge in [-0.3, -0.25) is 19.3 Å². The van der Waals surface area contributed by atoms with Crippen molar-refractivity contribution in [2.24, 2.45) is 11.8 Å². The van der Waals surface area contributed by atoms with E-state index in [1.807, 2.05) is 67.6 Å². The molecule has 1 N–H and O–H groups in total. The molecule has 0 aliphatic carbocycles. The number of carbonyl (C=O) groups is 3. The van der Waals surface area contributed by atoms with Crippen LogP contribution in [0, 0.1) is 11.8 Å². The quantitative estimate of drug-likeness (QED) is 0.335. The predicted octanol–water partition coefficient (Wildman–Crippen LogP) is 3.05. The summed E-state index contributed by atoms with van der Waals surface area (Å²) in [7, 11) is 0. The standard InChI is InChI=1S/C37H46N4O6/c1-4-18-39(21-20-38-22-24-46-25-23-38)35(45)32-37-17-16-36(3,47-37)30(33(43)40(19-5-2)28-14-10-7-11-15-28)31(37)34(44)41(32)29(26-42)27-12-8-6-9-13-27/h4-15,29-32,42H,1-2,16-26H2,3H3/t29-,30+,31+,32?,36-,37?/m1/s1. The first-order valence-electron chi connectivity index (χ1n) is 16.6. The first-order chi connectivity index (χ1) is 22.8. The first kappa shape index (κ1) is 33.1. The molecule has 4 saturated heterocycles. The number of hydrogen-bond donors (Lipinski definition) is 1. The molecule has 1 spiro atoms. The Morgan fingerprint density at radius 3 is 2.30 bits per heavy atom. The summed E-state index contributed by atoms with van der Waals surface area (Å²) in [5, 5.41) is 10.9. The van der Waals surface area contributed by atoms with Crippen LogP contribution in [0.5, 0.6) is 0 Å². The first-order valence-corrected chi connectivity index (χ1v) is 16.6. The SMILES string of the molecule is C=CCN(CCN1CCOCC1)C(=O)C1N([C@H](CO)c2ccccc2)C(=O)[C@@H]2[C@@H](C(=O)N(CC=C)c3ccccc3)[C@@]3(C)CCC12O3. The van der Waals surface area contributed by atoms with E-state index < -0.39 is 35.1 Å². The number of para-hydroxylation sites is 1. The van der Waals surface area contributed by atoms with Gasteiger partial charge in [-0.25, -0.2) is 0 Å². The summed E-state index contributed by atoms with van der Waals surface area (Å²) in [5.74, 6) is -2.57. The number of rotatable bonds is 13. The molecule has 0 aromatic heterocycles. The highest BCUT2D eigenvalue weighted by molar-refractivity contribution is 6.03. The number of hydrogen-bond acceptors (Lipinski definition) is 7. The number of anilines is 1. The molecule has 250 valence electrons. The van der Waals surface area contributed by atoms with Gasteiger partial charge in [-0.2, -0.15) is 0 Å². The second kappa shape index (κ2) is 13.7. The maximum absolute atomic E-state index is 15.0. The van der Waals surface area contributed by atoms with Gasteiger partial charge in [0.2, 0.25) is 17.7 Å². The average Bonchev–Trinajstić information content (AvgIpc) is 3.67. The molecule has 4 aliphatic rings. The van der Waals surface area contributed by atoms with E-state index in [0.717, 1.165) is 13.1 Å². The van der Waals surface area contributed by atoms with Gasteiger partial charge in [-0.15, -0.1) is 13.2 Å². The van der Waals surface area contributed by atoms with Crippen molar-refractivity contribution in [2.45, 2.75) is 43.1 Å². The van der Waals surface area contributed by atoms with Gasteiger partial charge in [0.15, 0.2) is 0 Å². The largest absolute Gasteiger partial charge is 0.394 e. The van der Waals surface area contributed by atoms with Crippen LogP contribution >= 0.6 is 0 Å². The van der Waals surface area contributed by atoms with Crippen LogP contribution < -0.4 is 4.90 Å². The minimum atomic E-state index is -1.24. The third-order valence-electron chi connectivity index (χ3n) is 10.5. The Hall–Kier alpha value is -3.83. The maximum Gasteiger partial charge on any atom is 0.248 e. The molecule has 4 fully saturated rings. The molecule has 10 heteroatoms. The second-order valence-electron chi connectivity index (χ2n) is 13.2. The summed E-state index contributed by atoms with van der Waals surface area (Å²) in [4.78, 5) is 51.8. The molecule has 4 aliphatic heterocycles. The molecule has 3 amide bonds. The van der Waals surface area contributed by atoms with Crippen LogP contribution in [-0.4, -0.2) is 114 Å². The van der Waals surface area contributed by atoms with Crippen molar-refractivity contribution in [1.29, 1.82) is 0 Å². The highest BCUT2D eigenvalue weighted by Gasteiger charge is 2.79. The van der Waals surface area contributed by atoms with Crippen molar-refractivity contribution < 1.29 is 29.0 Å². The number of amides is 3. The fourth-order valence-electron chi connectivity index (χ4n) is 8.32. The Morgan fingerprint density at radius 2 is 1.66 bits per heavy atom. The summed E-state index contributed by atoms with van der Waals surface area (Å²) < 4.78 is 12.4. The van der Waals surface area contributed by atoms with Gasteiger partial charge >= 0.3 is 0 Å². The molecule has 0 saturated carbocycles. The molecule has 0 radical (unpaired) electrons. The van der Waals surface area contributed by atoms with Gasteiger partial charge in [0, 0.05) is 45.0 Å². The molecule has 2 aromatic rings. The zero-order chi connectivity index (χ0) is 33.2. The van der Waals surface area contributed by atoms with Crippen LogP contribution in [0.3, 0.4) is 0 Å². The monoisotopic (exact) mass is 642 g/mol. The minimum absolute atomic E-state index is 0.234. The maximum atomic E-state index is 15.0. The van der Waals surface area contributed by atoms with Crippen LogP contribution in [0.15, 0.2) is 86.0 Å². The Kier molecular flexibility index (Phi) is 9.66. The molecule has 10 nitrogen and oxygen atoms in total. The lowest BCUT2D eigenvalue weighted by Crippen LogP contribution is -2.58. The normalized spacial score (nSPS) is 28.9. The molecule has 4 heterocycles. The van der Waals surface area contributed by atoms with Crippen molar-refractivity contribution in [3.63, 3.8) is 0 Å². The lowest BCUT2D eigenvalue weighted by atomic mass is 9.66. The summed E-state index contributed by atoms with van der Waals surface area (Å²) in [6, 6.07) is 16.8. The van der Waals surface area contributed by atoms with Crippen molar-refractivity contribution in [1.82, 2.24) is 14.7 Å². The number of ether oxygens (including phenoxy) is 2. The fourth-order valence-corrected chi connectivity index (χ4v) is 8.32. The van der Waals surface area contributed by atoms with E-state index in [4.69, 9.17) is 9.47 Å². The number of fused-ring (bicyclic) bond motifs is 1. The third kappa shape index (κ3) is 5.82. The molecular formula is C37H46N4O6. The number of morpholine rings is 1. The number of aliphatic hydroxyl groups is 1. The molecule has 47 heavy (non-hydrogen) atoms. The Balaban J connectivity index is 1.42. The zero-order valence-corrected chi connectivity index (χ0v) is 27.2. The fraction of sp³-hybridized carbons (Fsp3) is 0.486. The van der Waals surface area contributed by atoms with E-state index in [9.17, 15) is 19.5 Å². The second-order valence-corrected chi connectivity index (χ2v) is 13.2. The highest BCUT2D eigenvalue weighted by Crippen LogP contribution is 2.64. The lowest BCUT2D eigenvalue weighted by molar-refractivity contribution is -0.155. The van der Waals surface area contributed by atoms with Gasteiger partial charge in [-0.05, 0) is 37.5 Å². The van der Waals surface area contributed by atoms with Gasteiger partial charge in [0.05, 0.1) is 43.3 Å². The topological polar surface area (TPSA) is 103 Å². The predicted molar refractivity (Wildman–Crippen MR) is 178 cm³/mol. The number of likely N-dealkylation sites (tertiary alicyclic amines) is 1. The number of nitrogens with zero attached hydrogens (tertiary/aromatic N) is 4. The van der Waals surface area contributed by atoms with Crippen LogP contribution in [0.1, 0.15) is 31.4 Å². The number of benzene rings is 2. The van der Waals surface area contributed by atoms with Gasteiger partial charge in [0.1, 0.15) is 11.6 Å². The summed E-state index contributed by atoms with van der Waals surface area (Å²) in [5.41, 5.74) is -0.775. The Morgan fingerprint density at radius 1 is 1.00 bits per heavy atom. The summed E-state index contributed by atoms with van der Waals surface area (Å²) in [6.07, 6.45) is 4.33. The van der Waals surface area contributed by atoms with Crippen molar-refractivity contribution in [3.05, 3.63) is 91.5 Å². The van der Waals surface area contributed by atoms with E-state index in [2.05, 4.69) is 18.1 Å². The Bertz CT molecular complexity index is 1470. The van der Waals surface area contributed by atoms with Crippen molar-refractivity contribution in [3.8, 4) is 0 Å².